The molecule has 1 aliphatic rings. The Morgan fingerprint density at radius 1 is 1.38 bits per heavy atom. The minimum Gasteiger partial charge on any atom is -0.464 e. The molecule has 0 spiro atoms. The number of esters is 1. The molecule has 2 N–H and O–H groups in total. The van der Waals surface area contributed by atoms with Gasteiger partial charge < -0.3 is 15.2 Å². The number of hydrogen-bond donors (Lipinski definition) is 1. The highest BCUT2D eigenvalue weighted by Crippen LogP contribution is 2.27. The Bertz CT molecular complexity index is 224. The Balaban J connectivity index is 2.35. The smallest absolute Gasteiger partial charge is 0.335 e. The number of carbonyl (C=O) groups excluding carboxylic acids is 1. The SMILES string of the molecule is CCOC(=O)C(CC)OCC1(N)CCCC1. The average Bonchev–Trinajstić information content (AvgIpc) is 2.67. The molecule has 0 bridgehead atoms. The summed E-state index contributed by atoms with van der Waals surface area (Å²) in [6, 6.07) is 0. The van der Waals surface area contributed by atoms with E-state index in [0.717, 1.165) is 25.7 Å². The number of hydrogen-bond acceptors (Lipinski definition) is 4. The van der Waals surface area contributed by atoms with Crippen molar-refractivity contribution in [3.05, 3.63) is 0 Å². The van der Waals surface area contributed by atoms with Gasteiger partial charge in [-0.25, -0.2) is 4.79 Å². The lowest BCUT2D eigenvalue weighted by molar-refractivity contribution is -0.158. The van der Waals surface area contributed by atoms with Crippen molar-refractivity contribution in [1.29, 1.82) is 0 Å². The Morgan fingerprint density at radius 2 is 2.00 bits per heavy atom. The summed E-state index contributed by atoms with van der Waals surface area (Å²) in [7, 11) is 0. The molecule has 1 fully saturated rings. The van der Waals surface area contributed by atoms with Crippen LogP contribution in [0.2, 0.25) is 0 Å². The van der Waals surface area contributed by atoms with E-state index in [4.69, 9.17) is 15.2 Å². The van der Waals surface area contributed by atoms with E-state index in [2.05, 4.69) is 0 Å². The molecule has 16 heavy (non-hydrogen) atoms. The first-order valence-corrected chi connectivity index (χ1v) is 6.18. The van der Waals surface area contributed by atoms with Crippen molar-refractivity contribution in [2.24, 2.45) is 5.73 Å². The van der Waals surface area contributed by atoms with Gasteiger partial charge in [0.2, 0.25) is 0 Å². The molecule has 0 heterocycles. The summed E-state index contributed by atoms with van der Waals surface area (Å²) in [6.07, 6.45) is 4.49. The average molecular weight is 229 g/mol. The first kappa shape index (κ1) is 13.5. The highest BCUT2D eigenvalue weighted by Gasteiger charge is 2.31. The minimum absolute atomic E-state index is 0.222. The summed E-state index contributed by atoms with van der Waals surface area (Å²) in [5.74, 6) is -0.272. The van der Waals surface area contributed by atoms with E-state index in [0.29, 0.717) is 19.6 Å². The van der Waals surface area contributed by atoms with Gasteiger partial charge in [-0.05, 0) is 26.2 Å². The molecular weight excluding hydrogens is 206 g/mol. The highest BCUT2D eigenvalue weighted by atomic mass is 16.6. The molecule has 1 aliphatic carbocycles. The predicted octanol–water partition coefficient (Wildman–Crippen LogP) is 1.62. The van der Waals surface area contributed by atoms with Crippen LogP contribution in [0.15, 0.2) is 0 Å². The van der Waals surface area contributed by atoms with Crippen LogP contribution in [0.5, 0.6) is 0 Å². The molecule has 0 saturated heterocycles. The van der Waals surface area contributed by atoms with E-state index in [1.54, 1.807) is 6.92 Å². The molecule has 4 heteroatoms. The third-order valence-electron chi connectivity index (χ3n) is 3.09. The van der Waals surface area contributed by atoms with Gasteiger partial charge in [0, 0.05) is 5.54 Å². The molecular formula is C12H23NO3. The maximum Gasteiger partial charge on any atom is 0.335 e. The second-order valence-corrected chi connectivity index (χ2v) is 4.53. The number of carbonyl (C=O) groups is 1. The van der Waals surface area contributed by atoms with Crippen LogP contribution in [-0.2, 0) is 14.3 Å². The molecule has 4 nitrogen and oxygen atoms in total. The number of rotatable bonds is 6. The zero-order valence-electron chi connectivity index (χ0n) is 10.3. The number of nitrogens with two attached hydrogens (primary N) is 1. The molecule has 0 radical (unpaired) electrons. The highest BCUT2D eigenvalue weighted by molar-refractivity contribution is 5.74. The third kappa shape index (κ3) is 3.76. The first-order valence-electron chi connectivity index (χ1n) is 6.18. The van der Waals surface area contributed by atoms with Crippen LogP contribution >= 0.6 is 0 Å². The normalized spacial score (nSPS) is 20.7. The summed E-state index contributed by atoms with van der Waals surface area (Å²) in [4.78, 5) is 11.5. The Labute approximate surface area is 97.5 Å². The fraction of sp³-hybridized carbons (Fsp3) is 0.917. The van der Waals surface area contributed by atoms with Gasteiger partial charge in [0.1, 0.15) is 0 Å². The van der Waals surface area contributed by atoms with Crippen molar-refractivity contribution in [2.75, 3.05) is 13.2 Å². The lowest BCUT2D eigenvalue weighted by Gasteiger charge is -2.25. The minimum atomic E-state index is -0.457. The van der Waals surface area contributed by atoms with Gasteiger partial charge in [-0.1, -0.05) is 19.8 Å². The van der Waals surface area contributed by atoms with Crippen molar-refractivity contribution < 1.29 is 14.3 Å². The number of ether oxygens (including phenoxy) is 2. The van der Waals surface area contributed by atoms with E-state index >= 15 is 0 Å². The van der Waals surface area contributed by atoms with Crippen LogP contribution < -0.4 is 5.73 Å². The van der Waals surface area contributed by atoms with Gasteiger partial charge in [-0.2, -0.15) is 0 Å². The topological polar surface area (TPSA) is 61.5 Å². The van der Waals surface area contributed by atoms with E-state index in [9.17, 15) is 4.79 Å². The Hall–Kier alpha value is -0.610. The van der Waals surface area contributed by atoms with Crippen LogP contribution in [0.4, 0.5) is 0 Å². The second-order valence-electron chi connectivity index (χ2n) is 4.53. The van der Waals surface area contributed by atoms with Gasteiger partial charge in [0.25, 0.3) is 0 Å². The summed E-state index contributed by atoms with van der Waals surface area (Å²) in [5, 5.41) is 0. The standard InChI is InChI=1S/C12H23NO3/c1-3-10(11(14)15-4-2)16-9-12(13)7-5-6-8-12/h10H,3-9,13H2,1-2H3. The molecule has 0 aromatic carbocycles. The van der Waals surface area contributed by atoms with Crippen molar-refractivity contribution >= 4 is 5.97 Å². The fourth-order valence-corrected chi connectivity index (χ4v) is 2.08. The lowest BCUT2D eigenvalue weighted by Crippen LogP contribution is -2.43. The van der Waals surface area contributed by atoms with Crippen LogP contribution in [0.3, 0.4) is 0 Å². The van der Waals surface area contributed by atoms with Crippen LogP contribution in [-0.4, -0.2) is 30.8 Å². The summed E-state index contributed by atoms with van der Waals surface area (Å²) in [6.45, 7) is 4.57. The van der Waals surface area contributed by atoms with Crippen molar-refractivity contribution in [2.45, 2.75) is 57.6 Å². The lowest BCUT2D eigenvalue weighted by atomic mass is 10.0. The summed E-state index contributed by atoms with van der Waals surface area (Å²) in [5.41, 5.74) is 5.94. The van der Waals surface area contributed by atoms with Gasteiger partial charge >= 0.3 is 5.97 Å². The maximum absolute atomic E-state index is 11.5. The summed E-state index contributed by atoms with van der Waals surface area (Å²) >= 11 is 0. The molecule has 1 rings (SSSR count). The molecule has 1 unspecified atom stereocenters. The molecule has 0 amide bonds. The van der Waals surface area contributed by atoms with E-state index < -0.39 is 6.10 Å². The third-order valence-corrected chi connectivity index (χ3v) is 3.09. The van der Waals surface area contributed by atoms with E-state index in [-0.39, 0.29) is 11.5 Å². The largest absolute Gasteiger partial charge is 0.464 e. The Morgan fingerprint density at radius 3 is 2.50 bits per heavy atom. The van der Waals surface area contributed by atoms with Gasteiger partial charge in [-0.15, -0.1) is 0 Å². The van der Waals surface area contributed by atoms with E-state index in [1.165, 1.54) is 0 Å². The summed E-state index contributed by atoms with van der Waals surface area (Å²) < 4.78 is 10.5. The zero-order valence-corrected chi connectivity index (χ0v) is 10.3. The van der Waals surface area contributed by atoms with Crippen molar-refractivity contribution in [3.63, 3.8) is 0 Å². The van der Waals surface area contributed by atoms with Gasteiger partial charge in [-0.3, -0.25) is 0 Å². The van der Waals surface area contributed by atoms with Gasteiger partial charge in [0.05, 0.1) is 13.2 Å². The molecule has 1 atom stereocenters. The zero-order chi connectivity index (χ0) is 12.0. The van der Waals surface area contributed by atoms with Crippen LogP contribution in [0, 0.1) is 0 Å². The Kier molecular flexibility index (Phi) is 5.22. The second kappa shape index (κ2) is 6.21. The molecule has 0 aromatic heterocycles. The van der Waals surface area contributed by atoms with Crippen molar-refractivity contribution in [1.82, 2.24) is 0 Å². The molecule has 94 valence electrons. The first-order chi connectivity index (χ1) is 7.61. The fourth-order valence-electron chi connectivity index (χ4n) is 2.08. The van der Waals surface area contributed by atoms with Gasteiger partial charge in [0.15, 0.2) is 6.10 Å². The van der Waals surface area contributed by atoms with Crippen LogP contribution in [0.1, 0.15) is 46.0 Å². The quantitative estimate of drug-likeness (QED) is 0.703. The molecule has 1 saturated carbocycles. The predicted molar refractivity (Wildman–Crippen MR) is 62.1 cm³/mol. The van der Waals surface area contributed by atoms with Crippen LogP contribution in [0.25, 0.3) is 0 Å². The van der Waals surface area contributed by atoms with E-state index in [1.807, 2.05) is 6.92 Å². The maximum atomic E-state index is 11.5. The van der Waals surface area contributed by atoms with Crippen molar-refractivity contribution in [3.8, 4) is 0 Å². The molecule has 0 aromatic rings. The molecule has 0 aliphatic heterocycles. The monoisotopic (exact) mass is 229 g/mol.